The van der Waals surface area contributed by atoms with Crippen molar-refractivity contribution in [3.63, 3.8) is 0 Å². The van der Waals surface area contributed by atoms with Crippen molar-refractivity contribution in [2.45, 2.75) is 44.9 Å². The van der Waals surface area contributed by atoms with Gasteiger partial charge in [0.15, 0.2) is 0 Å². The molecule has 0 bridgehead atoms. The van der Waals surface area contributed by atoms with Crippen LogP contribution in [-0.4, -0.2) is 77.0 Å². The van der Waals surface area contributed by atoms with Crippen molar-refractivity contribution in [3.8, 4) is 17.0 Å². The molecule has 4 aromatic rings. The van der Waals surface area contributed by atoms with Gasteiger partial charge in [0.25, 0.3) is 5.91 Å². The Morgan fingerprint density at radius 1 is 1.00 bits per heavy atom. The number of hydrogen-bond acceptors (Lipinski definition) is 6. The molecule has 2 aromatic heterocycles. The highest BCUT2D eigenvalue weighted by atomic mass is 16.5. The van der Waals surface area contributed by atoms with Crippen LogP contribution in [0, 0.1) is 5.41 Å². The molecule has 2 aromatic carbocycles. The Kier molecular flexibility index (Phi) is 7.20. The van der Waals surface area contributed by atoms with Gasteiger partial charge in [-0.05, 0) is 79.8 Å². The van der Waals surface area contributed by atoms with E-state index in [4.69, 9.17) is 9.72 Å². The van der Waals surface area contributed by atoms with Crippen LogP contribution in [0.2, 0.25) is 0 Å². The maximum atomic E-state index is 14.1. The molecule has 46 heavy (non-hydrogen) atoms. The van der Waals surface area contributed by atoms with Crippen molar-refractivity contribution < 1.29 is 9.53 Å². The highest BCUT2D eigenvalue weighted by Gasteiger charge is 2.43. The van der Waals surface area contributed by atoms with Crippen LogP contribution in [0.1, 0.15) is 66.6 Å². The summed E-state index contributed by atoms with van der Waals surface area (Å²) < 4.78 is 6.18. The van der Waals surface area contributed by atoms with Gasteiger partial charge in [0, 0.05) is 60.0 Å². The molecule has 1 saturated carbocycles. The average Bonchev–Trinajstić information content (AvgIpc) is 3.87. The number of likely N-dealkylation sites (N-methyl/N-ethyl adjacent to an activating group) is 1. The Morgan fingerprint density at radius 3 is 2.57 bits per heavy atom. The normalized spacial score (nSPS) is 23.7. The highest BCUT2D eigenvalue weighted by molar-refractivity contribution is 5.98. The maximum absolute atomic E-state index is 14.1. The highest BCUT2D eigenvalue weighted by Crippen LogP contribution is 2.50. The Bertz CT molecular complexity index is 1850. The van der Waals surface area contributed by atoms with Gasteiger partial charge in [-0.2, -0.15) is 0 Å². The Labute approximate surface area is 270 Å². The van der Waals surface area contributed by atoms with Crippen LogP contribution in [0.3, 0.4) is 0 Å². The molecule has 2 aliphatic heterocycles. The molecular formula is C38H42N6O2. The second kappa shape index (κ2) is 11.4. The molecule has 236 valence electrons. The van der Waals surface area contributed by atoms with Crippen molar-refractivity contribution in [1.29, 1.82) is 0 Å². The first-order chi connectivity index (χ1) is 22.4. The third-order valence-electron chi connectivity index (χ3n) is 10.8. The van der Waals surface area contributed by atoms with Gasteiger partial charge in [-0.15, -0.1) is 0 Å². The summed E-state index contributed by atoms with van der Waals surface area (Å²) in [6.45, 7) is 9.71. The fraction of sp³-hybridized carbons (Fsp3) is 0.395. The van der Waals surface area contributed by atoms with E-state index in [0.717, 1.165) is 66.3 Å². The number of carbonyl (C=O) groups excluding carboxylic acids is 1. The summed E-state index contributed by atoms with van der Waals surface area (Å²) in [6, 6.07) is 17.2. The number of aromatic amines is 1. The molecular weight excluding hydrogens is 572 g/mol. The van der Waals surface area contributed by atoms with E-state index in [-0.39, 0.29) is 17.2 Å². The molecule has 1 amide bonds. The van der Waals surface area contributed by atoms with Gasteiger partial charge in [0.2, 0.25) is 0 Å². The first-order valence-corrected chi connectivity index (χ1v) is 16.8. The van der Waals surface area contributed by atoms with Crippen molar-refractivity contribution in [2.75, 3.05) is 51.3 Å². The monoisotopic (exact) mass is 614 g/mol. The predicted molar refractivity (Wildman–Crippen MR) is 182 cm³/mol. The minimum Gasteiger partial charge on any atom is -0.491 e. The molecule has 1 N–H and O–H groups in total. The summed E-state index contributed by atoms with van der Waals surface area (Å²) in [5, 5.41) is 1.01. The zero-order valence-corrected chi connectivity index (χ0v) is 27.0. The van der Waals surface area contributed by atoms with E-state index < -0.39 is 0 Å². The van der Waals surface area contributed by atoms with Crippen LogP contribution < -0.4 is 9.64 Å². The van der Waals surface area contributed by atoms with Crippen molar-refractivity contribution >= 4 is 22.6 Å². The molecule has 8 rings (SSSR count). The second-order valence-electron chi connectivity index (χ2n) is 13.6. The molecule has 0 spiro atoms. The number of ether oxygens (including phenoxy) is 1. The number of amides is 1. The Morgan fingerprint density at radius 2 is 1.80 bits per heavy atom. The quantitative estimate of drug-likeness (QED) is 0.259. The van der Waals surface area contributed by atoms with Crippen molar-refractivity contribution in [3.05, 3.63) is 95.6 Å². The van der Waals surface area contributed by atoms with Gasteiger partial charge in [0.05, 0.1) is 17.8 Å². The SMILES string of the molecule is CCC1(C)C(N2CCOc3cc(C4CC4)ccc3C2=O)=CC=CC1c1ncnc2[nH]c(-c3ccc(N4CCN(C)CC4)cc3)cc12. The molecule has 8 nitrogen and oxygen atoms in total. The van der Waals surface area contributed by atoms with Crippen LogP contribution in [0.4, 0.5) is 5.69 Å². The number of benzene rings is 2. The van der Waals surface area contributed by atoms with E-state index in [1.807, 2.05) is 11.0 Å². The molecule has 1 saturated heterocycles. The summed E-state index contributed by atoms with van der Waals surface area (Å²) in [7, 11) is 2.18. The lowest BCUT2D eigenvalue weighted by Crippen LogP contribution is -2.44. The number of H-pyrrole nitrogens is 1. The predicted octanol–water partition coefficient (Wildman–Crippen LogP) is 6.74. The smallest absolute Gasteiger partial charge is 0.261 e. The van der Waals surface area contributed by atoms with Crippen molar-refractivity contribution in [1.82, 2.24) is 24.8 Å². The number of nitrogens with one attached hydrogen (secondary N) is 1. The summed E-state index contributed by atoms with van der Waals surface area (Å²) in [5.41, 5.74) is 7.78. The summed E-state index contributed by atoms with van der Waals surface area (Å²) in [5.74, 6) is 1.29. The number of aromatic nitrogens is 3. The Balaban J connectivity index is 1.10. The summed E-state index contributed by atoms with van der Waals surface area (Å²) >= 11 is 0. The fourth-order valence-corrected chi connectivity index (χ4v) is 7.52. The minimum absolute atomic E-state index is 0.00612. The average molecular weight is 615 g/mol. The molecule has 8 heteroatoms. The van der Waals surface area contributed by atoms with Gasteiger partial charge < -0.3 is 24.4 Å². The van der Waals surface area contributed by atoms with Gasteiger partial charge in [0.1, 0.15) is 24.3 Å². The lowest BCUT2D eigenvalue weighted by Gasteiger charge is -2.43. The van der Waals surface area contributed by atoms with E-state index >= 15 is 0 Å². The summed E-state index contributed by atoms with van der Waals surface area (Å²) in [6.07, 6.45) is 11.4. The number of anilines is 1. The topological polar surface area (TPSA) is 77.6 Å². The molecule has 2 unspecified atom stereocenters. The van der Waals surface area contributed by atoms with Crippen LogP contribution >= 0.6 is 0 Å². The van der Waals surface area contributed by atoms with E-state index in [1.54, 1.807) is 6.33 Å². The van der Waals surface area contributed by atoms with Crippen LogP contribution in [0.5, 0.6) is 5.75 Å². The summed E-state index contributed by atoms with van der Waals surface area (Å²) in [4.78, 5) is 34.0. The number of hydrogen-bond donors (Lipinski definition) is 1. The van der Waals surface area contributed by atoms with Gasteiger partial charge in [-0.1, -0.05) is 44.2 Å². The number of rotatable bonds is 6. The van der Waals surface area contributed by atoms with Gasteiger partial charge in [-0.25, -0.2) is 9.97 Å². The number of fused-ring (bicyclic) bond motifs is 2. The lowest BCUT2D eigenvalue weighted by molar-refractivity contribution is 0.0754. The van der Waals surface area contributed by atoms with Crippen LogP contribution in [0.15, 0.2) is 78.8 Å². The second-order valence-corrected chi connectivity index (χ2v) is 13.6. The number of carbonyl (C=O) groups is 1. The van der Waals surface area contributed by atoms with Crippen molar-refractivity contribution in [2.24, 2.45) is 5.41 Å². The van der Waals surface area contributed by atoms with Crippen LogP contribution in [-0.2, 0) is 0 Å². The standard InChI is InChI=1S/C38H42N6O2/c1-4-38(2)31(6-5-7-34(38)44-20-21-46-33-22-27(25-8-9-25)12-15-29(33)37(44)45)35-30-23-32(41-36(30)40-24-39-35)26-10-13-28(14-11-26)43-18-16-42(3)17-19-43/h5-7,10-15,22-25,31H,4,8-9,16-21H2,1-3H3,(H,39,40,41). The molecule has 4 aliphatic rings. The minimum atomic E-state index is -0.369. The first-order valence-electron chi connectivity index (χ1n) is 16.8. The van der Waals surface area contributed by atoms with E-state index in [9.17, 15) is 4.79 Å². The zero-order chi connectivity index (χ0) is 31.4. The molecule has 0 radical (unpaired) electrons. The molecule has 2 atom stereocenters. The van der Waals surface area contributed by atoms with E-state index in [1.165, 1.54) is 24.1 Å². The lowest BCUT2D eigenvalue weighted by atomic mass is 9.67. The van der Waals surface area contributed by atoms with E-state index in [0.29, 0.717) is 30.4 Å². The number of piperazine rings is 1. The molecule has 4 heterocycles. The van der Waals surface area contributed by atoms with Gasteiger partial charge in [-0.3, -0.25) is 4.79 Å². The third-order valence-corrected chi connectivity index (χ3v) is 10.8. The zero-order valence-electron chi connectivity index (χ0n) is 27.0. The largest absolute Gasteiger partial charge is 0.491 e. The first kappa shape index (κ1) is 29.0. The number of nitrogens with zero attached hydrogens (tertiary/aromatic N) is 5. The Hall–Kier alpha value is -4.43. The third kappa shape index (κ3) is 4.99. The van der Waals surface area contributed by atoms with Gasteiger partial charge >= 0.3 is 0 Å². The molecule has 2 aliphatic carbocycles. The maximum Gasteiger partial charge on any atom is 0.261 e. The fourth-order valence-electron chi connectivity index (χ4n) is 7.52. The van der Waals surface area contributed by atoms with E-state index in [2.05, 4.69) is 101 Å². The number of allylic oxidation sites excluding steroid dienone is 4. The molecule has 2 fully saturated rings. The van der Waals surface area contributed by atoms with Crippen LogP contribution in [0.25, 0.3) is 22.3 Å².